The lowest BCUT2D eigenvalue weighted by molar-refractivity contribution is -0.151. The molecule has 1 amide bonds. The smallest absolute Gasteiger partial charge is 0.328 e. The van der Waals surface area contributed by atoms with E-state index in [1.54, 1.807) is 4.90 Å². The van der Waals surface area contributed by atoms with Crippen LogP contribution >= 0.6 is 11.3 Å². The van der Waals surface area contributed by atoms with E-state index in [1.165, 1.54) is 24.0 Å². The standard InChI is InChI=1S/C35H40N4O4S/c1-21(2)31-32(40)39-19-24(17-28(39)33(41)42-5)43-29-18-27(23-11-7-6-8-12-23)36-26-14-13-22(16-25(26)29)10-9-15-35(3,4)30-20-44-34(37-30)38-31/h6-8,11-14,16,18,20-21,24,28,31H,9-10,15,17,19H2,1-5H3,(H,37,38)/t24-,28+,31+/m1/s1. The summed E-state index contributed by atoms with van der Waals surface area (Å²) in [6.07, 6.45) is 2.81. The van der Waals surface area contributed by atoms with Gasteiger partial charge in [-0.2, -0.15) is 0 Å². The fraction of sp³-hybridized carbons (Fsp3) is 0.429. The first-order valence-corrected chi connectivity index (χ1v) is 16.3. The van der Waals surface area contributed by atoms with Crippen molar-refractivity contribution in [2.75, 3.05) is 19.0 Å². The molecule has 8 nitrogen and oxygen atoms in total. The molecular formula is C35H40N4O4S. The van der Waals surface area contributed by atoms with Gasteiger partial charge in [-0.3, -0.25) is 4.79 Å². The molecule has 4 heterocycles. The van der Waals surface area contributed by atoms with Crippen LogP contribution in [-0.4, -0.2) is 58.6 Å². The van der Waals surface area contributed by atoms with Crippen molar-refractivity contribution in [2.45, 2.75) is 77.0 Å². The zero-order valence-corrected chi connectivity index (χ0v) is 26.8. The third-order valence-electron chi connectivity index (χ3n) is 8.89. The zero-order valence-electron chi connectivity index (χ0n) is 26.0. The molecular weight excluding hydrogens is 572 g/mol. The van der Waals surface area contributed by atoms with Crippen molar-refractivity contribution >= 4 is 39.2 Å². The summed E-state index contributed by atoms with van der Waals surface area (Å²) in [6.45, 7) is 8.72. The highest BCUT2D eigenvalue weighted by molar-refractivity contribution is 7.13. The summed E-state index contributed by atoms with van der Waals surface area (Å²) < 4.78 is 11.9. The summed E-state index contributed by atoms with van der Waals surface area (Å²) in [5.41, 5.74) is 4.74. The Bertz CT molecular complexity index is 1670. The molecule has 1 N–H and O–H groups in total. The van der Waals surface area contributed by atoms with Gasteiger partial charge < -0.3 is 19.7 Å². The van der Waals surface area contributed by atoms with E-state index in [0.29, 0.717) is 17.3 Å². The molecule has 2 aromatic carbocycles. The van der Waals surface area contributed by atoms with Crippen molar-refractivity contribution in [3.63, 3.8) is 0 Å². The topological polar surface area (TPSA) is 93.7 Å². The number of benzene rings is 2. The SMILES string of the molecule is COC(=O)[C@@H]1C[C@@H]2CN1C(=O)[C@H](C(C)C)Nc1nc(cs1)C(C)(C)CCCc1ccc3nc(-c4ccccc4)cc(c3c1)O2. The maximum atomic E-state index is 14.2. The van der Waals surface area contributed by atoms with Crippen molar-refractivity contribution in [1.29, 1.82) is 0 Å². The molecule has 230 valence electrons. The number of thiazole rings is 1. The number of aryl methyl sites for hydroxylation is 1. The van der Waals surface area contributed by atoms with E-state index in [4.69, 9.17) is 19.4 Å². The molecule has 2 aliphatic rings. The minimum Gasteiger partial charge on any atom is -0.488 e. The molecule has 44 heavy (non-hydrogen) atoms. The molecule has 6 rings (SSSR count). The largest absolute Gasteiger partial charge is 0.488 e. The lowest BCUT2D eigenvalue weighted by atomic mass is 9.84. The molecule has 0 aliphatic carbocycles. The average molecular weight is 613 g/mol. The van der Waals surface area contributed by atoms with Gasteiger partial charge in [-0.25, -0.2) is 14.8 Å². The van der Waals surface area contributed by atoms with Gasteiger partial charge in [-0.1, -0.05) is 64.1 Å². The molecule has 4 aromatic rings. The molecule has 0 saturated carbocycles. The number of carbonyl (C=O) groups excluding carboxylic acids is 2. The van der Waals surface area contributed by atoms with Crippen molar-refractivity contribution in [3.05, 3.63) is 71.2 Å². The lowest BCUT2D eigenvalue weighted by Crippen LogP contribution is -2.50. The summed E-state index contributed by atoms with van der Waals surface area (Å²) in [5, 5.41) is 7.14. The first kappa shape index (κ1) is 30.1. The number of aromatic nitrogens is 2. The van der Waals surface area contributed by atoms with Crippen LogP contribution in [0.15, 0.2) is 60.0 Å². The molecule has 0 radical (unpaired) electrons. The molecule has 6 bridgehead atoms. The number of methoxy groups -OCH3 is 1. The quantitative estimate of drug-likeness (QED) is 0.260. The van der Waals surface area contributed by atoms with Gasteiger partial charge in [0.2, 0.25) is 5.91 Å². The predicted molar refractivity (Wildman–Crippen MR) is 174 cm³/mol. The molecule has 3 atom stereocenters. The minimum absolute atomic E-state index is 0.0392. The number of pyridine rings is 1. The summed E-state index contributed by atoms with van der Waals surface area (Å²) in [6, 6.07) is 17.1. The Morgan fingerprint density at radius 3 is 2.68 bits per heavy atom. The summed E-state index contributed by atoms with van der Waals surface area (Å²) >= 11 is 1.52. The number of esters is 1. The third kappa shape index (κ3) is 6.02. The highest BCUT2D eigenvalue weighted by atomic mass is 32.1. The van der Waals surface area contributed by atoms with Crippen LogP contribution in [0.2, 0.25) is 0 Å². The number of ether oxygens (including phenoxy) is 2. The normalized spacial score (nSPS) is 21.9. The van der Waals surface area contributed by atoms with Crippen LogP contribution in [0.3, 0.4) is 0 Å². The Morgan fingerprint density at radius 2 is 1.93 bits per heavy atom. The van der Waals surface area contributed by atoms with Crippen LogP contribution in [-0.2, 0) is 26.2 Å². The molecule has 9 heteroatoms. The number of fused-ring (bicyclic) bond motifs is 5. The van der Waals surface area contributed by atoms with E-state index in [-0.39, 0.29) is 23.8 Å². The van der Waals surface area contributed by atoms with Crippen LogP contribution in [0.5, 0.6) is 5.75 Å². The monoisotopic (exact) mass is 612 g/mol. The van der Waals surface area contributed by atoms with Gasteiger partial charge in [-0.05, 0) is 42.9 Å². The van der Waals surface area contributed by atoms with E-state index < -0.39 is 24.2 Å². The Morgan fingerprint density at radius 1 is 1.14 bits per heavy atom. The van der Waals surface area contributed by atoms with Crippen LogP contribution in [0.25, 0.3) is 22.2 Å². The molecule has 1 saturated heterocycles. The number of hydrogen-bond acceptors (Lipinski definition) is 8. The molecule has 2 aromatic heterocycles. The van der Waals surface area contributed by atoms with E-state index in [1.807, 2.05) is 50.2 Å². The van der Waals surface area contributed by atoms with E-state index in [9.17, 15) is 9.59 Å². The Hall–Kier alpha value is -3.98. The lowest BCUT2D eigenvalue weighted by Gasteiger charge is -2.29. The maximum absolute atomic E-state index is 14.2. The number of amides is 1. The zero-order chi connectivity index (χ0) is 31.0. The Labute approximate surface area is 262 Å². The van der Waals surface area contributed by atoms with E-state index in [2.05, 4.69) is 42.7 Å². The molecule has 1 fully saturated rings. The van der Waals surface area contributed by atoms with Gasteiger partial charge in [0, 0.05) is 34.2 Å². The Kier molecular flexibility index (Phi) is 8.33. The highest BCUT2D eigenvalue weighted by Crippen LogP contribution is 2.36. The van der Waals surface area contributed by atoms with Gasteiger partial charge in [0.25, 0.3) is 0 Å². The highest BCUT2D eigenvalue weighted by Gasteiger charge is 2.44. The van der Waals surface area contributed by atoms with Gasteiger partial charge in [0.1, 0.15) is 23.9 Å². The van der Waals surface area contributed by atoms with Crippen molar-refractivity contribution in [2.24, 2.45) is 5.92 Å². The van der Waals surface area contributed by atoms with Crippen molar-refractivity contribution in [1.82, 2.24) is 14.9 Å². The van der Waals surface area contributed by atoms with Crippen LogP contribution in [0.1, 0.15) is 58.2 Å². The molecule has 0 unspecified atom stereocenters. The van der Waals surface area contributed by atoms with E-state index in [0.717, 1.165) is 47.1 Å². The van der Waals surface area contributed by atoms with Gasteiger partial charge >= 0.3 is 5.97 Å². The number of nitrogens with zero attached hydrogens (tertiary/aromatic N) is 3. The van der Waals surface area contributed by atoms with Gasteiger partial charge in [-0.15, -0.1) is 11.3 Å². The second-order valence-electron chi connectivity index (χ2n) is 12.9. The summed E-state index contributed by atoms with van der Waals surface area (Å²) in [4.78, 5) is 38.7. The van der Waals surface area contributed by atoms with Crippen molar-refractivity contribution in [3.8, 4) is 17.0 Å². The second-order valence-corrected chi connectivity index (χ2v) is 13.7. The number of anilines is 1. The maximum Gasteiger partial charge on any atom is 0.328 e. The number of carbonyl (C=O) groups is 2. The molecule has 0 spiro atoms. The van der Waals surface area contributed by atoms with Crippen molar-refractivity contribution < 1.29 is 19.1 Å². The fourth-order valence-electron chi connectivity index (χ4n) is 6.26. The van der Waals surface area contributed by atoms with Crippen LogP contribution < -0.4 is 10.1 Å². The second kappa shape index (κ2) is 12.2. The first-order valence-electron chi connectivity index (χ1n) is 15.4. The number of rotatable bonds is 3. The minimum atomic E-state index is -0.745. The van der Waals surface area contributed by atoms with Crippen LogP contribution in [0, 0.1) is 5.92 Å². The first-order chi connectivity index (χ1) is 21.1. The summed E-state index contributed by atoms with van der Waals surface area (Å²) in [7, 11) is 1.36. The Balaban J connectivity index is 1.45. The van der Waals surface area contributed by atoms with Crippen LogP contribution in [0.4, 0.5) is 5.13 Å². The van der Waals surface area contributed by atoms with E-state index >= 15 is 0 Å². The number of nitrogens with one attached hydrogen (secondary N) is 1. The van der Waals surface area contributed by atoms with Gasteiger partial charge in [0.05, 0.1) is 30.6 Å². The molecule has 2 aliphatic heterocycles. The summed E-state index contributed by atoms with van der Waals surface area (Å²) in [5.74, 6) is 0.0590. The number of hydrogen-bond donors (Lipinski definition) is 1. The van der Waals surface area contributed by atoms with Gasteiger partial charge in [0.15, 0.2) is 5.13 Å². The average Bonchev–Trinajstić information content (AvgIpc) is 3.67. The predicted octanol–water partition coefficient (Wildman–Crippen LogP) is 6.63. The fourth-order valence-corrected chi connectivity index (χ4v) is 7.20. The third-order valence-corrected chi connectivity index (χ3v) is 9.67.